The normalized spacial score (nSPS) is 9.38. The van der Waals surface area contributed by atoms with Gasteiger partial charge in [-0.1, -0.05) is 0 Å². The van der Waals surface area contributed by atoms with Gasteiger partial charge in [0.15, 0.2) is 0 Å². The molecule has 1 aromatic heterocycles. The molecule has 0 amide bonds. The standard InChI is InChI=1S/C6H10N4O2.H2O/c1-9-4(8)3(7)5(11)10(2)6(9)12;/h7-8H2,1-2H3;1H2. The fraction of sp³-hybridized carbons (Fsp3) is 0.333. The fourth-order valence-corrected chi connectivity index (χ4v) is 0.886. The second-order valence-electron chi connectivity index (χ2n) is 2.50. The van der Waals surface area contributed by atoms with Crippen LogP contribution < -0.4 is 22.7 Å². The summed E-state index contributed by atoms with van der Waals surface area (Å²) in [6, 6.07) is 0. The molecule has 0 spiro atoms. The van der Waals surface area contributed by atoms with Crippen LogP contribution in [0.3, 0.4) is 0 Å². The van der Waals surface area contributed by atoms with Crippen molar-refractivity contribution in [2.45, 2.75) is 0 Å². The minimum atomic E-state index is -0.560. The van der Waals surface area contributed by atoms with Crippen LogP contribution in [-0.4, -0.2) is 14.6 Å². The summed E-state index contributed by atoms with van der Waals surface area (Å²) in [4.78, 5) is 22.3. The highest BCUT2D eigenvalue weighted by Gasteiger charge is 2.08. The SMILES string of the molecule is Cn1c(N)c(N)c(=O)n(C)c1=O.O. The first-order valence-electron chi connectivity index (χ1n) is 3.27. The smallest absolute Gasteiger partial charge is 0.332 e. The Hall–Kier alpha value is -1.76. The molecule has 0 aliphatic carbocycles. The zero-order chi connectivity index (χ0) is 9.46. The van der Waals surface area contributed by atoms with Gasteiger partial charge in [-0.2, -0.15) is 0 Å². The zero-order valence-corrected chi connectivity index (χ0v) is 7.37. The van der Waals surface area contributed by atoms with Crippen molar-refractivity contribution in [2.75, 3.05) is 11.5 Å². The molecule has 1 rings (SSSR count). The highest BCUT2D eigenvalue weighted by atomic mass is 16.2. The van der Waals surface area contributed by atoms with Crippen molar-refractivity contribution in [1.29, 1.82) is 0 Å². The van der Waals surface area contributed by atoms with Crippen LogP contribution in [0.1, 0.15) is 0 Å². The van der Waals surface area contributed by atoms with Gasteiger partial charge in [-0.05, 0) is 0 Å². The van der Waals surface area contributed by atoms with Gasteiger partial charge in [-0.3, -0.25) is 13.9 Å². The topological polar surface area (TPSA) is 128 Å². The molecule has 0 saturated carbocycles. The third-order valence-electron chi connectivity index (χ3n) is 1.75. The van der Waals surface area contributed by atoms with Crippen LogP contribution in [-0.2, 0) is 14.1 Å². The number of anilines is 2. The quantitative estimate of drug-likeness (QED) is 0.463. The van der Waals surface area contributed by atoms with Crippen LogP contribution >= 0.6 is 0 Å². The molecule has 0 saturated heterocycles. The largest absolute Gasteiger partial charge is 0.412 e. The van der Waals surface area contributed by atoms with E-state index in [2.05, 4.69) is 0 Å². The molecule has 1 aromatic rings. The molecule has 74 valence electrons. The lowest BCUT2D eigenvalue weighted by molar-refractivity contribution is 0.698. The predicted molar refractivity (Wildman–Crippen MR) is 49.4 cm³/mol. The summed E-state index contributed by atoms with van der Waals surface area (Å²) in [5, 5.41) is 0. The minimum Gasteiger partial charge on any atom is -0.412 e. The highest BCUT2D eigenvalue weighted by Crippen LogP contribution is 2.01. The summed E-state index contributed by atoms with van der Waals surface area (Å²) in [7, 11) is 2.80. The number of rotatable bonds is 0. The molecule has 0 bridgehead atoms. The third kappa shape index (κ3) is 1.41. The maximum Gasteiger partial charge on any atom is 0.332 e. The summed E-state index contributed by atoms with van der Waals surface area (Å²) in [6.07, 6.45) is 0. The molecule has 0 unspecified atom stereocenters. The minimum absolute atomic E-state index is 0. The second-order valence-corrected chi connectivity index (χ2v) is 2.50. The summed E-state index contributed by atoms with van der Waals surface area (Å²) in [6.45, 7) is 0. The van der Waals surface area contributed by atoms with Gasteiger partial charge in [0.25, 0.3) is 5.56 Å². The van der Waals surface area contributed by atoms with Crippen LogP contribution in [0, 0.1) is 0 Å². The van der Waals surface area contributed by atoms with Crippen LogP contribution in [0.5, 0.6) is 0 Å². The van der Waals surface area contributed by atoms with E-state index >= 15 is 0 Å². The van der Waals surface area contributed by atoms with Crippen molar-refractivity contribution < 1.29 is 5.48 Å². The van der Waals surface area contributed by atoms with E-state index in [9.17, 15) is 9.59 Å². The van der Waals surface area contributed by atoms with E-state index in [1.165, 1.54) is 14.1 Å². The van der Waals surface area contributed by atoms with Gasteiger partial charge in [0.05, 0.1) is 0 Å². The molecular formula is C6H12N4O3. The number of hydrogen-bond donors (Lipinski definition) is 2. The Morgan fingerprint density at radius 3 is 2.00 bits per heavy atom. The van der Waals surface area contributed by atoms with E-state index in [-0.39, 0.29) is 17.0 Å². The fourth-order valence-electron chi connectivity index (χ4n) is 0.886. The van der Waals surface area contributed by atoms with E-state index in [1.54, 1.807) is 0 Å². The first-order valence-corrected chi connectivity index (χ1v) is 3.27. The van der Waals surface area contributed by atoms with E-state index in [1.807, 2.05) is 0 Å². The van der Waals surface area contributed by atoms with Crippen LogP contribution in [0.25, 0.3) is 0 Å². The molecular weight excluding hydrogens is 176 g/mol. The lowest BCUT2D eigenvalue weighted by Gasteiger charge is -2.07. The molecule has 0 radical (unpaired) electrons. The lowest BCUT2D eigenvalue weighted by Crippen LogP contribution is -2.39. The molecule has 0 aliphatic rings. The first-order chi connectivity index (χ1) is 5.46. The molecule has 7 heteroatoms. The number of aromatic nitrogens is 2. The van der Waals surface area contributed by atoms with Crippen LogP contribution in [0.15, 0.2) is 9.59 Å². The summed E-state index contributed by atoms with van der Waals surface area (Å²) in [5.74, 6) is 0.00287. The molecule has 0 aliphatic heterocycles. The van der Waals surface area contributed by atoms with Crippen LogP contribution in [0.4, 0.5) is 11.5 Å². The molecule has 13 heavy (non-hydrogen) atoms. The average molecular weight is 188 g/mol. The van der Waals surface area contributed by atoms with E-state index in [0.717, 1.165) is 9.13 Å². The number of hydrogen-bond acceptors (Lipinski definition) is 4. The van der Waals surface area contributed by atoms with Gasteiger partial charge >= 0.3 is 5.69 Å². The Balaban J connectivity index is 0.00000144. The molecule has 0 aromatic carbocycles. The van der Waals surface area contributed by atoms with Gasteiger partial charge in [0.1, 0.15) is 11.5 Å². The summed E-state index contributed by atoms with van der Waals surface area (Å²) >= 11 is 0. The Morgan fingerprint density at radius 2 is 1.54 bits per heavy atom. The number of nitrogen functional groups attached to an aromatic ring is 2. The first kappa shape index (κ1) is 11.2. The maximum atomic E-state index is 11.2. The van der Waals surface area contributed by atoms with Gasteiger partial charge in [0.2, 0.25) is 0 Å². The monoisotopic (exact) mass is 188 g/mol. The summed E-state index contributed by atoms with van der Waals surface area (Å²) in [5.41, 5.74) is 9.57. The van der Waals surface area contributed by atoms with Gasteiger partial charge in [-0.25, -0.2) is 4.79 Å². The second kappa shape index (κ2) is 3.31. The molecule has 6 N–H and O–H groups in total. The Labute approximate surface area is 73.5 Å². The van der Waals surface area contributed by atoms with Crippen molar-refractivity contribution in [3.8, 4) is 0 Å². The molecule has 7 nitrogen and oxygen atoms in total. The average Bonchev–Trinajstić information content (AvgIpc) is 2.08. The predicted octanol–water partition coefficient (Wildman–Crippen LogP) is -2.58. The number of nitrogens with zero attached hydrogens (tertiary/aromatic N) is 2. The Kier molecular flexibility index (Phi) is 2.87. The lowest BCUT2D eigenvalue weighted by atomic mass is 10.4. The molecule has 1 heterocycles. The summed E-state index contributed by atoms with van der Waals surface area (Å²) < 4.78 is 2.03. The van der Waals surface area contributed by atoms with Crippen molar-refractivity contribution in [2.24, 2.45) is 14.1 Å². The zero-order valence-electron chi connectivity index (χ0n) is 7.37. The molecule has 0 atom stereocenters. The van der Waals surface area contributed by atoms with Gasteiger partial charge in [-0.15, -0.1) is 0 Å². The van der Waals surface area contributed by atoms with Crippen LogP contribution in [0.2, 0.25) is 0 Å². The van der Waals surface area contributed by atoms with Gasteiger partial charge in [0, 0.05) is 14.1 Å². The van der Waals surface area contributed by atoms with E-state index in [0.29, 0.717) is 0 Å². The maximum absolute atomic E-state index is 11.2. The third-order valence-corrected chi connectivity index (χ3v) is 1.75. The van der Waals surface area contributed by atoms with Gasteiger partial charge < -0.3 is 16.9 Å². The van der Waals surface area contributed by atoms with Crippen molar-refractivity contribution in [3.05, 3.63) is 20.8 Å². The Bertz CT molecular complexity index is 393. The van der Waals surface area contributed by atoms with Crippen molar-refractivity contribution >= 4 is 11.5 Å². The Morgan fingerprint density at radius 1 is 1.08 bits per heavy atom. The van der Waals surface area contributed by atoms with Crippen molar-refractivity contribution in [1.82, 2.24) is 9.13 Å². The number of nitrogens with two attached hydrogens (primary N) is 2. The van der Waals surface area contributed by atoms with Crippen molar-refractivity contribution in [3.63, 3.8) is 0 Å². The highest BCUT2D eigenvalue weighted by molar-refractivity contribution is 5.56. The molecule has 0 fully saturated rings. The van der Waals surface area contributed by atoms with E-state index < -0.39 is 11.2 Å². The van der Waals surface area contributed by atoms with E-state index in [4.69, 9.17) is 11.5 Å².